The summed E-state index contributed by atoms with van der Waals surface area (Å²) >= 11 is 6.12. The molecule has 0 spiro atoms. The van der Waals surface area contributed by atoms with Gasteiger partial charge in [-0.1, -0.05) is 65.3 Å². The SMILES string of the molecule is COc1cc(-c2noc(-c3c(F)cccc3Cl)n2)c(O)c(-c2cccc3ccccc23)c1. The van der Waals surface area contributed by atoms with Crippen molar-refractivity contribution in [3.05, 3.63) is 83.6 Å². The third kappa shape index (κ3) is 3.35. The first kappa shape index (κ1) is 20.0. The summed E-state index contributed by atoms with van der Waals surface area (Å²) in [6, 6.07) is 21.3. The number of phenols is 1. The average Bonchev–Trinajstić information content (AvgIpc) is 3.28. The number of fused-ring (bicyclic) bond motifs is 1. The average molecular weight is 447 g/mol. The fourth-order valence-corrected chi connectivity index (χ4v) is 3.94. The number of hydrogen-bond acceptors (Lipinski definition) is 5. The molecule has 4 aromatic carbocycles. The van der Waals surface area contributed by atoms with Gasteiger partial charge in [0.05, 0.1) is 23.3 Å². The van der Waals surface area contributed by atoms with Gasteiger partial charge in [0.2, 0.25) is 5.82 Å². The lowest BCUT2D eigenvalue weighted by molar-refractivity contribution is 0.412. The number of ether oxygens (including phenoxy) is 1. The predicted molar refractivity (Wildman–Crippen MR) is 121 cm³/mol. The van der Waals surface area contributed by atoms with Crippen molar-refractivity contribution in [1.29, 1.82) is 0 Å². The highest BCUT2D eigenvalue weighted by Crippen LogP contribution is 2.43. The number of hydrogen-bond donors (Lipinski definition) is 1. The zero-order chi connectivity index (χ0) is 22.2. The first-order valence-corrected chi connectivity index (χ1v) is 10.1. The van der Waals surface area contributed by atoms with Crippen molar-refractivity contribution >= 4 is 22.4 Å². The second-order valence-corrected chi connectivity index (χ2v) is 7.52. The number of halogens is 2. The van der Waals surface area contributed by atoms with E-state index in [-0.39, 0.29) is 33.6 Å². The molecule has 0 radical (unpaired) electrons. The Bertz CT molecular complexity index is 1440. The maximum atomic E-state index is 14.3. The molecule has 1 N–H and O–H groups in total. The topological polar surface area (TPSA) is 68.4 Å². The molecule has 0 atom stereocenters. The Morgan fingerprint density at radius 1 is 0.938 bits per heavy atom. The molecule has 5 rings (SSSR count). The van der Waals surface area contributed by atoms with Gasteiger partial charge >= 0.3 is 0 Å². The highest BCUT2D eigenvalue weighted by Gasteiger charge is 2.22. The lowest BCUT2D eigenvalue weighted by Gasteiger charge is -2.13. The molecule has 5 nitrogen and oxygen atoms in total. The largest absolute Gasteiger partial charge is 0.507 e. The highest BCUT2D eigenvalue weighted by molar-refractivity contribution is 6.33. The molecular formula is C25H16ClFN2O3. The van der Waals surface area contributed by atoms with Crippen LogP contribution >= 0.6 is 11.6 Å². The lowest BCUT2D eigenvalue weighted by atomic mass is 9.95. The number of nitrogens with zero attached hydrogens (tertiary/aromatic N) is 2. The molecule has 32 heavy (non-hydrogen) atoms. The Morgan fingerprint density at radius 2 is 1.69 bits per heavy atom. The van der Waals surface area contributed by atoms with Crippen molar-refractivity contribution in [2.24, 2.45) is 0 Å². The first-order chi connectivity index (χ1) is 15.6. The van der Waals surface area contributed by atoms with Gasteiger partial charge < -0.3 is 14.4 Å². The van der Waals surface area contributed by atoms with E-state index < -0.39 is 5.82 Å². The van der Waals surface area contributed by atoms with Crippen LogP contribution in [0.3, 0.4) is 0 Å². The molecule has 1 aromatic heterocycles. The minimum Gasteiger partial charge on any atom is -0.507 e. The van der Waals surface area contributed by atoms with Gasteiger partial charge in [0.15, 0.2) is 0 Å². The van der Waals surface area contributed by atoms with Gasteiger partial charge in [-0.2, -0.15) is 4.98 Å². The van der Waals surface area contributed by atoms with Gasteiger partial charge in [-0.05, 0) is 40.6 Å². The van der Waals surface area contributed by atoms with Crippen LogP contribution in [-0.4, -0.2) is 22.4 Å². The van der Waals surface area contributed by atoms with E-state index in [0.717, 1.165) is 16.3 Å². The van der Waals surface area contributed by atoms with E-state index in [0.29, 0.717) is 11.3 Å². The van der Waals surface area contributed by atoms with E-state index in [9.17, 15) is 9.50 Å². The highest BCUT2D eigenvalue weighted by atomic mass is 35.5. The van der Waals surface area contributed by atoms with Crippen LogP contribution in [0.15, 0.2) is 77.3 Å². The smallest absolute Gasteiger partial charge is 0.262 e. The van der Waals surface area contributed by atoms with Crippen molar-refractivity contribution in [1.82, 2.24) is 10.1 Å². The molecule has 0 aliphatic carbocycles. The fraction of sp³-hybridized carbons (Fsp3) is 0.0400. The van der Waals surface area contributed by atoms with E-state index in [1.165, 1.54) is 25.3 Å². The van der Waals surface area contributed by atoms with Gasteiger partial charge in [0, 0.05) is 5.56 Å². The van der Waals surface area contributed by atoms with Crippen LogP contribution in [0.1, 0.15) is 0 Å². The molecule has 158 valence electrons. The van der Waals surface area contributed by atoms with Crippen LogP contribution in [0.25, 0.3) is 44.7 Å². The lowest BCUT2D eigenvalue weighted by Crippen LogP contribution is -1.91. The number of aromatic nitrogens is 2. The summed E-state index contributed by atoms with van der Waals surface area (Å²) in [6.07, 6.45) is 0. The van der Waals surface area contributed by atoms with E-state index in [1.807, 2.05) is 42.5 Å². The molecule has 5 aromatic rings. The maximum absolute atomic E-state index is 14.3. The zero-order valence-corrected chi connectivity index (χ0v) is 17.6. The Balaban J connectivity index is 1.69. The summed E-state index contributed by atoms with van der Waals surface area (Å²) in [5.41, 5.74) is 1.66. The second kappa shape index (κ2) is 7.98. The van der Waals surface area contributed by atoms with Crippen LogP contribution in [0.2, 0.25) is 5.02 Å². The molecule has 0 amide bonds. The number of phenolic OH excluding ortho intramolecular Hbond substituents is 1. The van der Waals surface area contributed by atoms with Crippen molar-refractivity contribution in [3.63, 3.8) is 0 Å². The Morgan fingerprint density at radius 3 is 2.50 bits per heavy atom. The summed E-state index contributed by atoms with van der Waals surface area (Å²) in [7, 11) is 1.53. The molecule has 0 saturated carbocycles. The molecule has 0 saturated heterocycles. The molecule has 0 unspecified atom stereocenters. The minimum absolute atomic E-state index is 0.00424. The maximum Gasteiger partial charge on any atom is 0.262 e. The number of rotatable bonds is 4. The molecular weight excluding hydrogens is 431 g/mol. The second-order valence-electron chi connectivity index (χ2n) is 7.12. The van der Waals surface area contributed by atoms with Crippen LogP contribution in [-0.2, 0) is 0 Å². The first-order valence-electron chi connectivity index (χ1n) is 9.74. The third-order valence-corrected chi connectivity index (χ3v) is 5.56. The van der Waals surface area contributed by atoms with Gasteiger partial charge in [0.1, 0.15) is 17.3 Å². The molecule has 7 heteroatoms. The van der Waals surface area contributed by atoms with Gasteiger partial charge in [-0.15, -0.1) is 0 Å². The summed E-state index contributed by atoms with van der Waals surface area (Å²) in [5, 5.41) is 17.3. The molecule has 0 aliphatic heterocycles. The molecule has 0 bridgehead atoms. The predicted octanol–water partition coefficient (Wildman–Crippen LogP) is 6.73. The van der Waals surface area contributed by atoms with E-state index in [4.69, 9.17) is 20.9 Å². The summed E-state index contributed by atoms with van der Waals surface area (Å²) < 4.78 is 25.0. The van der Waals surface area contributed by atoms with Crippen molar-refractivity contribution < 1.29 is 18.8 Å². The summed E-state index contributed by atoms with van der Waals surface area (Å²) in [4.78, 5) is 4.29. The van der Waals surface area contributed by atoms with Gasteiger partial charge in [-0.3, -0.25) is 0 Å². The van der Waals surface area contributed by atoms with E-state index >= 15 is 0 Å². The van der Waals surface area contributed by atoms with Crippen molar-refractivity contribution in [2.75, 3.05) is 7.11 Å². The Kier molecular flexibility index (Phi) is 4.99. The van der Waals surface area contributed by atoms with Crippen LogP contribution in [0.4, 0.5) is 4.39 Å². The normalized spacial score (nSPS) is 11.1. The zero-order valence-electron chi connectivity index (χ0n) is 16.8. The number of benzene rings is 4. The molecule has 1 heterocycles. The van der Waals surface area contributed by atoms with Gasteiger partial charge in [0.25, 0.3) is 5.89 Å². The van der Waals surface area contributed by atoms with E-state index in [1.54, 1.807) is 12.1 Å². The van der Waals surface area contributed by atoms with Crippen LogP contribution < -0.4 is 4.74 Å². The van der Waals surface area contributed by atoms with Gasteiger partial charge in [-0.25, -0.2) is 4.39 Å². The van der Waals surface area contributed by atoms with Crippen LogP contribution in [0.5, 0.6) is 11.5 Å². The monoisotopic (exact) mass is 446 g/mol. The fourth-order valence-electron chi connectivity index (χ4n) is 3.70. The number of methoxy groups -OCH3 is 1. The molecule has 0 aliphatic rings. The van der Waals surface area contributed by atoms with Crippen molar-refractivity contribution in [2.45, 2.75) is 0 Å². The Hall–Kier alpha value is -3.90. The minimum atomic E-state index is -0.584. The third-order valence-electron chi connectivity index (χ3n) is 5.24. The van der Waals surface area contributed by atoms with E-state index in [2.05, 4.69) is 10.1 Å². The van der Waals surface area contributed by atoms with Crippen LogP contribution in [0, 0.1) is 5.82 Å². The molecule has 0 fully saturated rings. The standard InChI is InChI=1S/C25H16ClFN2O3/c1-31-15-12-18(17-9-4-7-14-6-2-3-8-16(14)17)23(30)19(13-15)24-28-25(32-29-24)22-20(26)10-5-11-21(22)27/h2-13,30H,1H3. The quantitative estimate of drug-likeness (QED) is 0.331. The summed E-state index contributed by atoms with van der Waals surface area (Å²) in [5.74, 6) is -0.140. The number of aromatic hydroxyl groups is 1. The Labute approximate surface area is 187 Å². The summed E-state index contributed by atoms with van der Waals surface area (Å²) in [6.45, 7) is 0. The van der Waals surface area contributed by atoms with Crippen molar-refractivity contribution in [3.8, 4) is 45.5 Å².